The molecular weight excluding hydrogens is 181 g/mol. The maximum absolute atomic E-state index is 12.2. The van der Waals surface area contributed by atoms with Gasteiger partial charge in [-0.2, -0.15) is 0 Å². The van der Waals surface area contributed by atoms with Crippen LogP contribution in [0.3, 0.4) is 0 Å². The highest BCUT2D eigenvalue weighted by molar-refractivity contribution is 7.71. The standard InChI is InChI=1S/C10H16NOP/c1-3-13(12,4-2)10-7-5-9(11)6-8-10/h5-8H,3-4,11H2,1-2H3. The molecule has 0 aliphatic heterocycles. The van der Waals surface area contributed by atoms with Crippen molar-refractivity contribution >= 4 is 18.1 Å². The Kier molecular flexibility index (Phi) is 3.16. The Morgan fingerprint density at radius 2 is 1.62 bits per heavy atom. The van der Waals surface area contributed by atoms with E-state index in [-0.39, 0.29) is 0 Å². The van der Waals surface area contributed by atoms with Crippen LogP contribution in [0, 0.1) is 0 Å². The molecule has 1 aromatic carbocycles. The number of hydrogen-bond acceptors (Lipinski definition) is 2. The van der Waals surface area contributed by atoms with Crippen molar-refractivity contribution < 1.29 is 4.57 Å². The van der Waals surface area contributed by atoms with Crippen molar-refractivity contribution in [1.29, 1.82) is 0 Å². The highest BCUT2D eigenvalue weighted by Gasteiger charge is 2.18. The minimum absolute atomic E-state index is 0.725. The van der Waals surface area contributed by atoms with Crippen LogP contribution in [0.5, 0.6) is 0 Å². The summed E-state index contributed by atoms with van der Waals surface area (Å²) in [7, 11) is -2.11. The number of benzene rings is 1. The van der Waals surface area contributed by atoms with E-state index in [1.165, 1.54) is 0 Å². The van der Waals surface area contributed by atoms with Crippen LogP contribution in [0.4, 0.5) is 5.69 Å². The summed E-state index contributed by atoms with van der Waals surface area (Å²) in [6.45, 7) is 3.95. The summed E-state index contributed by atoms with van der Waals surface area (Å²) in [6.07, 6.45) is 1.46. The minimum atomic E-state index is -2.11. The van der Waals surface area contributed by atoms with Crippen molar-refractivity contribution in [2.75, 3.05) is 18.1 Å². The normalized spacial score (nSPS) is 11.5. The molecule has 3 heteroatoms. The Morgan fingerprint density at radius 1 is 1.15 bits per heavy atom. The molecule has 0 unspecified atom stereocenters. The zero-order valence-electron chi connectivity index (χ0n) is 8.16. The fourth-order valence-electron chi connectivity index (χ4n) is 1.33. The second-order valence-electron chi connectivity index (χ2n) is 3.11. The van der Waals surface area contributed by atoms with Gasteiger partial charge in [-0.1, -0.05) is 13.8 Å². The Morgan fingerprint density at radius 3 is 2.00 bits per heavy atom. The minimum Gasteiger partial charge on any atom is -0.399 e. The smallest absolute Gasteiger partial charge is 0.115 e. The van der Waals surface area contributed by atoms with Crippen molar-refractivity contribution in [2.24, 2.45) is 0 Å². The third kappa shape index (κ3) is 2.13. The molecule has 2 nitrogen and oxygen atoms in total. The molecule has 0 aromatic heterocycles. The zero-order valence-corrected chi connectivity index (χ0v) is 9.05. The van der Waals surface area contributed by atoms with Gasteiger partial charge in [0.05, 0.1) is 0 Å². The lowest BCUT2D eigenvalue weighted by Crippen LogP contribution is -2.08. The molecule has 0 fully saturated rings. The Hall–Kier alpha value is -0.750. The molecule has 0 aliphatic rings. The van der Waals surface area contributed by atoms with Crippen LogP contribution in [0.1, 0.15) is 13.8 Å². The largest absolute Gasteiger partial charge is 0.399 e. The summed E-state index contributed by atoms with van der Waals surface area (Å²) in [5.41, 5.74) is 6.29. The molecule has 0 heterocycles. The second kappa shape index (κ2) is 3.97. The van der Waals surface area contributed by atoms with Crippen LogP contribution in [-0.4, -0.2) is 12.3 Å². The third-order valence-corrected chi connectivity index (χ3v) is 5.67. The summed E-state index contributed by atoms with van der Waals surface area (Å²) in [4.78, 5) is 0. The van der Waals surface area contributed by atoms with Gasteiger partial charge in [-0.15, -0.1) is 0 Å². The lowest BCUT2D eigenvalue weighted by atomic mass is 10.3. The van der Waals surface area contributed by atoms with Gasteiger partial charge < -0.3 is 10.3 Å². The quantitative estimate of drug-likeness (QED) is 0.596. The molecule has 0 bridgehead atoms. The summed E-state index contributed by atoms with van der Waals surface area (Å²) in [5, 5.41) is 0.951. The van der Waals surface area contributed by atoms with Crippen LogP contribution in [0.2, 0.25) is 0 Å². The van der Waals surface area contributed by atoms with Crippen molar-refractivity contribution in [3.8, 4) is 0 Å². The van der Waals surface area contributed by atoms with Crippen LogP contribution in [0.25, 0.3) is 0 Å². The monoisotopic (exact) mass is 197 g/mol. The van der Waals surface area contributed by atoms with Gasteiger partial charge >= 0.3 is 0 Å². The molecule has 13 heavy (non-hydrogen) atoms. The lowest BCUT2D eigenvalue weighted by molar-refractivity contribution is 0.582. The summed E-state index contributed by atoms with van der Waals surface area (Å²) in [6, 6.07) is 7.38. The molecule has 0 spiro atoms. The highest BCUT2D eigenvalue weighted by atomic mass is 31.2. The predicted octanol–water partition coefficient (Wildman–Crippen LogP) is 2.30. The Labute approximate surface area is 79.5 Å². The molecule has 0 radical (unpaired) electrons. The van der Waals surface area contributed by atoms with Crippen molar-refractivity contribution in [3.63, 3.8) is 0 Å². The first kappa shape index (κ1) is 10.3. The van der Waals surface area contributed by atoms with Crippen LogP contribution in [-0.2, 0) is 4.57 Å². The molecule has 0 saturated carbocycles. The number of anilines is 1. The average Bonchev–Trinajstić information content (AvgIpc) is 2.18. The first-order valence-electron chi connectivity index (χ1n) is 4.56. The van der Waals surface area contributed by atoms with E-state index in [4.69, 9.17) is 5.73 Å². The molecule has 1 rings (SSSR count). The highest BCUT2D eigenvalue weighted by Crippen LogP contribution is 2.43. The predicted molar refractivity (Wildman–Crippen MR) is 59.2 cm³/mol. The summed E-state index contributed by atoms with van der Waals surface area (Å²) < 4.78 is 12.2. The lowest BCUT2D eigenvalue weighted by Gasteiger charge is -2.14. The van der Waals surface area contributed by atoms with Gasteiger partial charge in [0.2, 0.25) is 0 Å². The van der Waals surface area contributed by atoms with E-state index in [9.17, 15) is 4.57 Å². The van der Waals surface area contributed by atoms with E-state index in [0.29, 0.717) is 0 Å². The first-order chi connectivity index (χ1) is 6.12. The van der Waals surface area contributed by atoms with Gasteiger partial charge in [0, 0.05) is 23.3 Å². The molecule has 72 valence electrons. The number of nitrogen functional groups attached to an aromatic ring is 1. The van der Waals surface area contributed by atoms with Crippen LogP contribution < -0.4 is 11.0 Å². The number of hydrogen-bond donors (Lipinski definition) is 1. The van der Waals surface area contributed by atoms with Gasteiger partial charge in [-0.05, 0) is 24.3 Å². The maximum Gasteiger partial charge on any atom is 0.115 e. The van der Waals surface area contributed by atoms with Crippen LogP contribution in [0.15, 0.2) is 24.3 Å². The van der Waals surface area contributed by atoms with E-state index in [2.05, 4.69) is 0 Å². The SMILES string of the molecule is CCP(=O)(CC)c1ccc(N)cc1. The number of nitrogens with two attached hydrogens (primary N) is 1. The average molecular weight is 197 g/mol. The number of rotatable bonds is 3. The Bertz CT molecular complexity index is 310. The van der Waals surface area contributed by atoms with Crippen molar-refractivity contribution in [2.45, 2.75) is 13.8 Å². The van der Waals surface area contributed by atoms with Crippen LogP contribution >= 0.6 is 7.14 Å². The molecule has 0 amide bonds. The Balaban J connectivity index is 3.07. The molecule has 0 atom stereocenters. The maximum atomic E-state index is 12.2. The summed E-state index contributed by atoms with van der Waals surface area (Å²) in [5.74, 6) is 0. The van der Waals surface area contributed by atoms with E-state index >= 15 is 0 Å². The molecular formula is C10H16NOP. The second-order valence-corrected chi connectivity index (χ2v) is 6.67. The third-order valence-electron chi connectivity index (χ3n) is 2.39. The van der Waals surface area contributed by atoms with Gasteiger partial charge in [-0.25, -0.2) is 0 Å². The van der Waals surface area contributed by atoms with Gasteiger partial charge in [0.25, 0.3) is 0 Å². The van der Waals surface area contributed by atoms with Gasteiger partial charge in [-0.3, -0.25) is 0 Å². The molecule has 1 aromatic rings. The molecule has 0 saturated heterocycles. The fraction of sp³-hybridized carbons (Fsp3) is 0.400. The van der Waals surface area contributed by atoms with E-state index < -0.39 is 7.14 Å². The van der Waals surface area contributed by atoms with Crippen molar-refractivity contribution in [1.82, 2.24) is 0 Å². The van der Waals surface area contributed by atoms with Crippen molar-refractivity contribution in [3.05, 3.63) is 24.3 Å². The molecule has 2 N–H and O–H groups in total. The van der Waals surface area contributed by atoms with Gasteiger partial charge in [0.1, 0.15) is 7.14 Å². The molecule has 0 aliphatic carbocycles. The first-order valence-corrected chi connectivity index (χ1v) is 6.64. The summed E-state index contributed by atoms with van der Waals surface area (Å²) >= 11 is 0. The van der Waals surface area contributed by atoms with E-state index in [0.717, 1.165) is 23.3 Å². The topological polar surface area (TPSA) is 43.1 Å². The van der Waals surface area contributed by atoms with Gasteiger partial charge in [0.15, 0.2) is 0 Å². The van der Waals surface area contributed by atoms with E-state index in [1.807, 2.05) is 38.1 Å². The fourth-order valence-corrected chi connectivity index (χ4v) is 3.20. The van der Waals surface area contributed by atoms with E-state index in [1.54, 1.807) is 0 Å². The zero-order chi connectivity index (χ0) is 9.90.